The molecule has 0 saturated carbocycles. The second-order valence-electron chi connectivity index (χ2n) is 5.88. The van der Waals surface area contributed by atoms with E-state index in [0.717, 1.165) is 18.2 Å². The lowest BCUT2D eigenvalue weighted by Crippen LogP contribution is -2.24. The first kappa shape index (κ1) is 23.4. The highest BCUT2D eigenvalue weighted by Crippen LogP contribution is 2.32. The van der Waals surface area contributed by atoms with Gasteiger partial charge < -0.3 is 15.2 Å². The maximum absolute atomic E-state index is 12.7. The molecule has 160 valence electrons. The number of rotatable bonds is 7. The Morgan fingerprint density at radius 2 is 1.97 bits per heavy atom. The number of phenols is 1. The summed E-state index contributed by atoms with van der Waals surface area (Å²) in [6, 6.07) is 7.21. The molecular formula is C19H17F3IN3O4. The van der Waals surface area contributed by atoms with Crippen LogP contribution in [0, 0.1) is 3.57 Å². The number of ether oxygens (including phenoxy) is 1. The van der Waals surface area contributed by atoms with Crippen LogP contribution >= 0.6 is 22.6 Å². The van der Waals surface area contributed by atoms with Crippen molar-refractivity contribution in [3.63, 3.8) is 0 Å². The standard InChI is InChI=1S/C19H17F3IN3O4/c1-2-30-15-7-11(6-14(23)18(15)29)10-24-26-17(28)9-16(27)25-13-5-3-4-12(8-13)19(20,21)22/h3-8,10,29H,2,9H2,1H3,(H,25,27)(H,26,28)/b24-10+. The molecule has 2 amide bonds. The quantitative estimate of drug-likeness (QED) is 0.217. The Bertz CT molecular complexity index is 965. The summed E-state index contributed by atoms with van der Waals surface area (Å²) in [5.74, 6) is -1.29. The summed E-state index contributed by atoms with van der Waals surface area (Å²) in [5.41, 5.74) is 1.70. The van der Waals surface area contributed by atoms with Gasteiger partial charge in [0.05, 0.1) is 22.0 Å². The Hall–Kier alpha value is -2.83. The first-order valence-corrected chi connectivity index (χ1v) is 9.62. The van der Waals surface area contributed by atoms with Crippen LogP contribution < -0.4 is 15.5 Å². The minimum absolute atomic E-state index is 0.00935. The van der Waals surface area contributed by atoms with Crippen molar-refractivity contribution in [1.29, 1.82) is 0 Å². The van der Waals surface area contributed by atoms with Gasteiger partial charge in [0, 0.05) is 5.69 Å². The number of aromatic hydroxyl groups is 1. The molecule has 2 rings (SSSR count). The molecule has 0 radical (unpaired) electrons. The molecule has 2 aromatic rings. The van der Waals surface area contributed by atoms with E-state index < -0.39 is 30.0 Å². The summed E-state index contributed by atoms with van der Waals surface area (Å²) in [6.07, 6.45) is -3.88. The van der Waals surface area contributed by atoms with Gasteiger partial charge in [-0.2, -0.15) is 18.3 Å². The van der Waals surface area contributed by atoms with Crippen molar-refractivity contribution in [2.75, 3.05) is 11.9 Å². The van der Waals surface area contributed by atoms with Gasteiger partial charge in [-0.25, -0.2) is 5.43 Å². The molecule has 0 heterocycles. The fourth-order valence-electron chi connectivity index (χ4n) is 2.28. The number of carbonyl (C=O) groups excluding carboxylic acids is 2. The van der Waals surface area contributed by atoms with E-state index in [1.807, 2.05) is 22.6 Å². The van der Waals surface area contributed by atoms with E-state index in [9.17, 15) is 27.9 Å². The summed E-state index contributed by atoms with van der Waals surface area (Å²) in [4.78, 5) is 23.7. The zero-order valence-electron chi connectivity index (χ0n) is 15.6. The third-order valence-electron chi connectivity index (χ3n) is 3.55. The molecule has 0 unspecified atom stereocenters. The lowest BCUT2D eigenvalue weighted by atomic mass is 10.2. The van der Waals surface area contributed by atoms with Gasteiger partial charge >= 0.3 is 6.18 Å². The van der Waals surface area contributed by atoms with Crippen LogP contribution in [-0.2, 0) is 15.8 Å². The first-order chi connectivity index (χ1) is 14.1. The molecule has 0 bridgehead atoms. The third-order valence-corrected chi connectivity index (χ3v) is 4.37. The molecule has 2 aromatic carbocycles. The van der Waals surface area contributed by atoms with Crippen molar-refractivity contribution in [3.05, 3.63) is 51.1 Å². The molecule has 0 fully saturated rings. The van der Waals surface area contributed by atoms with Crippen LogP contribution in [0.4, 0.5) is 18.9 Å². The van der Waals surface area contributed by atoms with Gasteiger partial charge in [0.1, 0.15) is 6.42 Å². The summed E-state index contributed by atoms with van der Waals surface area (Å²) in [7, 11) is 0. The molecule has 3 N–H and O–H groups in total. The molecular weight excluding hydrogens is 518 g/mol. The minimum Gasteiger partial charge on any atom is -0.504 e. The van der Waals surface area contributed by atoms with Crippen LogP contribution in [0.5, 0.6) is 11.5 Å². The van der Waals surface area contributed by atoms with Crippen molar-refractivity contribution < 1.29 is 32.6 Å². The highest BCUT2D eigenvalue weighted by molar-refractivity contribution is 14.1. The van der Waals surface area contributed by atoms with Gasteiger partial charge in [-0.3, -0.25) is 9.59 Å². The lowest BCUT2D eigenvalue weighted by Gasteiger charge is -2.09. The van der Waals surface area contributed by atoms with Crippen molar-refractivity contribution in [3.8, 4) is 11.5 Å². The van der Waals surface area contributed by atoms with E-state index in [4.69, 9.17) is 4.74 Å². The Balaban J connectivity index is 1.92. The van der Waals surface area contributed by atoms with E-state index in [1.54, 1.807) is 13.0 Å². The van der Waals surface area contributed by atoms with E-state index in [0.29, 0.717) is 15.7 Å². The number of carbonyl (C=O) groups is 2. The van der Waals surface area contributed by atoms with Gasteiger partial charge in [0.2, 0.25) is 11.8 Å². The molecule has 0 aliphatic carbocycles. The molecule has 30 heavy (non-hydrogen) atoms. The Kier molecular flexibility index (Phi) is 8.03. The first-order valence-electron chi connectivity index (χ1n) is 8.54. The highest BCUT2D eigenvalue weighted by Gasteiger charge is 2.30. The van der Waals surface area contributed by atoms with Gasteiger partial charge in [0.15, 0.2) is 11.5 Å². The van der Waals surface area contributed by atoms with E-state index in [-0.39, 0.29) is 17.2 Å². The number of halogens is 4. The topological polar surface area (TPSA) is 100 Å². The van der Waals surface area contributed by atoms with Crippen molar-refractivity contribution in [2.45, 2.75) is 19.5 Å². The monoisotopic (exact) mass is 535 g/mol. The molecule has 0 aromatic heterocycles. The van der Waals surface area contributed by atoms with Gasteiger partial charge in [-0.1, -0.05) is 6.07 Å². The number of benzene rings is 2. The number of amides is 2. The van der Waals surface area contributed by atoms with Crippen LogP contribution in [0.1, 0.15) is 24.5 Å². The molecule has 0 aliphatic heterocycles. The van der Waals surface area contributed by atoms with Crippen LogP contribution in [0.25, 0.3) is 0 Å². The summed E-state index contributed by atoms with van der Waals surface area (Å²) < 4.78 is 43.9. The molecule has 11 heteroatoms. The second-order valence-corrected chi connectivity index (χ2v) is 7.04. The van der Waals surface area contributed by atoms with Crippen LogP contribution in [0.2, 0.25) is 0 Å². The SMILES string of the molecule is CCOc1cc(/C=N/NC(=O)CC(=O)Nc2cccc(C(F)(F)F)c2)cc(I)c1O. The van der Waals surface area contributed by atoms with Gasteiger partial charge in [-0.05, 0) is 65.4 Å². The molecule has 0 aliphatic rings. The normalized spacial score (nSPS) is 11.4. The zero-order valence-corrected chi connectivity index (χ0v) is 17.7. The van der Waals surface area contributed by atoms with Gasteiger partial charge in [-0.15, -0.1) is 0 Å². The number of phenolic OH excluding ortho intramolecular Hbond substituents is 1. The minimum atomic E-state index is -4.54. The predicted octanol–water partition coefficient (Wildman–Crippen LogP) is 3.89. The highest BCUT2D eigenvalue weighted by atomic mass is 127. The van der Waals surface area contributed by atoms with E-state index in [2.05, 4.69) is 15.8 Å². The second kappa shape index (κ2) is 10.3. The largest absolute Gasteiger partial charge is 0.504 e. The van der Waals surface area contributed by atoms with Crippen LogP contribution in [0.3, 0.4) is 0 Å². The number of hydrogen-bond donors (Lipinski definition) is 3. The fourth-order valence-corrected chi connectivity index (χ4v) is 2.90. The van der Waals surface area contributed by atoms with Crippen molar-refractivity contribution in [1.82, 2.24) is 5.43 Å². The van der Waals surface area contributed by atoms with Crippen molar-refractivity contribution >= 4 is 46.3 Å². The number of alkyl halides is 3. The lowest BCUT2D eigenvalue weighted by molar-refractivity contribution is -0.137. The molecule has 0 spiro atoms. The average Bonchev–Trinajstić information content (AvgIpc) is 2.65. The maximum Gasteiger partial charge on any atom is 0.416 e. The predicted molar refractivity (Wildman–Crippen MR) is 112 cm³/mol. The summed E-state index contributed by atoms with van der Waals surface area (Å²) in [5, 5.41) is 15.9. The molecule has 0 saturated heterocycles. The number of anilines is 1. The zero-order chi connectivity index (χ0) is 22.3. The average molecular weight is 535 g/mol. The summed E-state index contributed by atoms with van der Waals surface area (Å²) in [6.45, 7) is 2.11. The number of nitrogens with zero attached hydrogens (tertiary/aromatic N) is 1. The number of hydrogen-bond acceptors (Lipinski definition) is 5. The Labute approximate surface area is 183 Å². The third kappa shape index (κ3) is 6.90. The number of nitrogens with one attached hydrogen (secondary N) is 2. The molecule has 7 nitrogen and oxygen atoms in total. The number of hydrazone groups is 1. The van der Waals surface area contributed by atoms with Crippen LogP contribution in [0.15, 0.2) is 41.5 Å². The van der Waals surface area contributed by atoms with E-state index >= 15 is 0 Å². The molecule has 0 atom stereocenters. The van der Waals surface area contributed by atoms with Crippen molar-refractivity contribution in [2.24, 2.45) is 5.10 Å². The smallest absolute Gasteiger partial charge is 0.416 e. The Morgan fingerprint density at radius 1 is 1.23 bits per heavy atom. The van der Waals surface area contributed by atoms with E-state index in [1.165, 1.54) is 18.3 Å². The fraction of sp³-hybridized carbons (Fsp3) is 0.211. The Morgan fingerprint density at radius 3 is 2.63 bits per heavy atom. The maximum atomic E-state index is 12.7. The van der Waals surface area contributed by atoms with Crippen LogP contribution in [-0.4, -0.2) is 29.7 Å². The van der Waals surface area contributed by atoms with Gasteiger partial charge in [0.25, 0.3) is 0 Å². The summed E-state index contributed by atoms with van der Waals surface area (Å²) >= 11 is 1.91.